The number of hydrogen-bond donors (Lipinski definition) is 1. The monoisotopic (exact) mass is 291 g/mol. The Labute approximate surface area is 124 Å². The Bertz CT molecular complexity index is 503. The van der Waals surface area contributed by atoms with Crippen molar-refractivity contribution in [2.45, 2.75) is 43.0 Å². The van der Waals surface area contributed by atoms with Crippen molar-refractivity contribution in [3.63, 3.8) is 0 Å². The van der Waals surface area contributed by atoms with Gasteiger partial charge in [0, 0.05) is 35.6 Å². The number of rotatable bonds is 3. The minimum Gasteiger partial charge on any atom is -0.493 e. The Kier molecular flexibility index (Phi) is 3.31. The van der Waals surface area contributed by atoms with E-state index in [0.717, 1.165) is 44.8 Å². The highest BCUT2D eigenvalue weighted by Crippen LogP contribution is 2.48. The molecule has 0 amide bonds. The molecular formula is C16H21NO2S. The van der Waals surface area contributed by atoms with E-state index < -0.39 is 0 Å². The Morgan fingerprint density at radius 3 is 2.70 bits per heavy atom. The van der Waals surface area contributed by atoms with Gasteiger partial charge in [-0.1, -0.05) is 0 Å². The summed E-state index contributed by atoms with van der Waals surface area (Å²) in [5.74, 6) is 2.35. The summed E-state index contributed by atoms with van der Waals surface area (Å²) in [5.41, 5.74) is 4.25. The summed E-state index contributed by atoms with van der Waals surface area (Å²) in [6.07, 6.45) is 7.91. The zero-order chi connectivity index (χ0) is 13.5. The van der Waals surface area contributed by atoms with Crippen molar-refractivity contribution in [1.82, 2.24) is 5.32 Å². The van der Waals surface area contributed by atoms with Gasteiger partial charge in [0.25, 0.3) is 0 Å². The van der Waals surface area contributed by atoms with Crippen LogP contribution < -0.4 is 14.8 Å². The third-order valence-electron chi connectivity index (χ3n) is 4.68. The lowest BCUT2D eigenvalue weighted by molar-refractivity contribution is 0.349. The molecule has 0 aliphatic carbocycles. The highest BCUT2D eigenvalue weighted by Gasteiger charge is 2.32. The van der Waals surface area contributed by atoms with Gasteiger partial charge < -0.3 is 14.8 Å². The predicted octanol–water partition coefficient (Wildman–Crippen LogP) is 2.57. The van der Waals surface area contributed by atoms with Gasteiger partial charge in [0.1, 0.15) is 11.5 Å². The van der Waals surface area contributed by atoms with E-state index in [1.165, 1.54) is 40.2 Å². The van der Waals surface area contributed by atoms with Crippen LogP contribution in [-0.4, -0.2) is 32.1 Å². The van der Waals surface area contributed by atoms with E-state index in [1.54, 1.807) is 0 Å². The van der Waals surface area contributed by atoms with E-state index in [-0.39, 0.29) is 0 Å². The van der Waals surface area contributed by atoms with Crippen LogP contribution in [0, 0.1) is 0 Å². The third kappa shape index (κ3) is 1.92. The molecule has 0 bridgehead atoms. The van der Waals surface area contributed by atoms with Crippen LogP contribution in [0.5, 0.6) is 11.5 Å². The minimum atomic E-state index is 0.619. The number of ether oxygens (including phenoxy) is 2. The van der Waals surface area contributed by atoms with Gasteiger partial charge in [-0.2, -0.15) is 0 Å². The van der Waals surface area contributed by atoms with E-state index in [4.69, 9.17) is 9.47 Å². The lowest BCUT2D eigenvalue weighted by Crippen LogP contribution is -2.24. The summed E-state index contributed by atoms with van der Waals surface area (Å²) in [4.78, 5) is 1.33. The number of fused-ring (bicyclic) bond motifs is 2. The fraction of sp³-hybridized carbons (Fsp3) is 0.625. The molecule has 3 heterocycles. The summed E-state index contributed by atoms with van der Waals surface area (Å²) in [6.45, 7) is 2.82. The predicted molar refractivity (Wildman–Crippen MR) is 81.3 cm³/mol. The molecule has 1 fully saturated rings. The van der Waals surface area contributed by atoms with Gasteiger partial charge in [0.05, 0.1) is 18.1 Å². The molecule has 1 unspecified atom stereocenters. The molecule has 1 atom stereocenters. The molecule has 1 aromatic carbocycles. The average Bonchev–Trinajstić information content (AvgIpc) is 3.19. The number of nitrogens with one attached hydrogen (secondary N) is 1. The van der Waals surface area contributed by atoms with Crippen LogP contribution >= 0.6 is 11.8 Å². The molecule has 1 N–H and O–H groups in total. The smallest absolute Gasteiger partial charge is 0.136 e. The van der Waals surface area contributed by atoms with E-state index in [0.29, 0.717) is 6.04 Å². The van der Waals surface area contributed by atoms with Crippen LogP contribution in [0.1, 0.15) is 29.5 Å². The summed E-state index contributed by atoms with van der Waals surface area (Å²) < 4.78 is 12.0. The second-order valence-corrected chi connectivity index (χ2v) is 6.64. The quantitative estimate of drug-likeness (QED) is 0.867. The normalized spacial score (nSPS) is 23.4. The topological polar surface area (TPSA) is 30.5 Å². The highest BCUT2D eigenvalue weighted by molar-refractivity contribution is 7.98. The lowest BCUT2D eigenvalue weighted by atomic mass is 9.94. The maximum atomic E-state index is 6.01. The van der Waals surface area contributed by atoms with Crippen LogP contribution in [0.3, 0.4) is 0 Å². The molecule has 1 saturated heterocycles. The fourth-order valence-electron chi connectivity index (χ4n) is 3.77. The number of thioether (sulfide) groups is 1. The van der Waals surface area contributed by atoms with Crippen LogP contribution in [0.15, 0.2) is 4.90 Å². The largest absolute Gasteiger partial charge is 0.493 e. The van der Waals surface area contributed by atoms with Gasteiger partial charge >= 0.3 is 0 Å². The first kappa shape index (κ1) is 12.8. The summed E-state index contributed by atoms with van der Waals surface area (Å²) in [6, 6.07) is 0.619. The zero-order valence-corrected chi connectivity index (χ0v) is 12.8. The Hall–Kier alpha value is -0.870. The van der Waals surface area contributed by atoms with Crippen molar-refractivity contribution >= 4 is 11.8 Å². The molecular weight excluding hydrogens is 270 g/mol. The van der Waals surface area contributed by atoms with E-state index in [9.17, 15) is 0 Å². The van der Waals surface area contributed by atoms with Gasteiger partial charge in [-0.15, -0.1) is 11.8 Å². The Morgan fingerprint density at radius 1 is 1.15 bits per heavy atom. The van der Waals surface area contributed by atoms with Crippen LogP contribution in [0.4, 0.5) is 0 Å². The molecule has 4 heteroatoms. The van der Waals surface area contributed by atoms with Gasteiger partial charge in [0.15, 0.2) is 0 Å². The molecule has 0 saturated carbocycles. The van der Waals surface area contributed by atoms with Gasteiger partial charge in [-0.25, -0.2) is 0 Å². The molecule has 3 aliphatic heterocycles. The second-order valence-electron chi connectivity index (χ2n) is 5.82. The van der Waals surface area contributed by atoms with Crippen LogP contribution in [0.25, 0.3) is 0 Å². The molecule has 3 aliphatic rings. The third-order valence-corrected chi connectivity index (χ3v) is 5.52. The number of benzene rings is 1. The molecule has 20 heavy (non-hydrogen) atoms. The van der Waals surface area contributed by atoms with Crippen molar-refractivity contribution in [1.29, 1.82) is 0 Å². The highest BCUT2D eigenvalue weighted by atomic mass is 32.2. The van der Waals surface area contributed by atoms with E-state index >= 15 is 0 Å². The molecule has 0 aromatic heterocycles. The zero-order valence-electron chi connectivity index (χ0n) is 12.0. The molecule has 0 radical (unpaired) electrons. The summed E-state index contributed by atoms with van der Waals surface area (Å²) in [7, 11) is 0. The van der Waals surface area contributed by atoms with Gasteiger partial charge in [0.2, 0.25) is 0 Å². The Morgan fingerprint density at radius 2 is 1.95 bits per heavy atom. The van der Waals surface area contributed by atoms with Gasteiger partial charge in [-0.3, -0.25) is 0 Å². The van der Waals surface area contributed by atoms with Crippen molar-refractivity contribution < 1.29 is 9.47 Å². The average molecular weight is 291 g/mol. The SMILES string of the molecule is CSc1c2c(c(CC3CCCN3)c3c1OCC3)OCC2. The van der Waals surface area contributed by atoms with Crippen molar-refractivity contribution in [3.05, 3.63) is 16.7 Å². The maximum absolute atomic E-state index is 6.01. The fourth-order valence-corrected chi connectivity index (χ4v) is 4.58. The van der Waals surface area contributed by atoms with Crippen molar-refractivity contribution in [2.75, 3.05) is 26.0 Å². The summed E-state index contributed by atoms with van der Waals surface area (Å²) in [5, 5.41) is 3.61. The number of hydrogen-bond acceptors (Lipinski definition) is 4. The summed E-state index contributed by atoms with van der Waals surface area (Å²) >= 11 is 1.81. The molecule has 3 nitrogen and oxygen atoms in total. The molecule has 4 rings (SSSR count). The standard InChI is InChI=1S/C16H21NO2S/c1-20-16-12-5-8-18-14(12)13(9-10-3-2-6-17-10)11-4-7-19-15(11)16/h10,17H,2-9H2,1H3. The van der Waals surface area contributed by atoms with Crippen LogP contribution in [0.2, 0.25) is 0 Å². The van der Waals surface area contributed by atoms with Gasteiger partial charge in [-0.05, 0) is 32.1 Å². The van der Waals surface area contributed by atoms with Crippen molar-refractivity contribution in [3.8, 4) is 11.5 Å². The second kappa shape index (κ2) is 5.15. The van der Waals surface area contributed by atoms with Crippen molar-refractivity contribution in [2.24, 2.45) is 0 Å². The minimum absolute atomic E-state index is 0.619. The first-order valence-electron chi connectivity index (χ1n) is 7.62. The Balaban J connectivity index is 1.81. The lowest BCUT2D eigenvalue weighted by Gasteiger charge is -2.19. The molecule has 0 spiro atoms. The molecule has 1 aromatic rings. The maximum Gasteiger partial charge on any atom is 0.136 e. The first-order valence-corrected chi connectivity index (χ1v) is 8.84. The van der Waals surface area contributed by atoms with E-state index in [1.807, 2.05) is 11.8 Å². The van der Waals surface area contributed by atoms with Crippen LogP contribution in [-0.2, 0) is 19.3 Å². The van der Waals surface area contributed by atoms with E-state index in [2.05, 4.69) is 11.6 Å². The first-order chi connectivity index (χ1) is 9.88. The molecule has 108 valence electrons.